The lowest BCUT2D eigenvalue weighted by Crippen LogP contribution is -2.17. The lowest BCUT2D eigenvalue weighted by Gasteiger charge is -2.14. The van der Waals surface area contributed by atoms with Crippen LogP contribution in [0.15, 0.2) is 37.0 Å². The highest BCUT2D eigenvalue weighted by molar-refractivity contribution is 5.94. The fraction of sp³-hybridized carbons (Fsp3) is 0.375. The van der Waals surface area contributed by atoms with E-state index in [1.54, 1.807) is 12.2 Å². The molecule has 2 atom stereocenters. The molecule has 19 heavy (non-hydrogen) atoms. The molecule has 101 valence electrons. The first-order valence-electron chi connectivity index (χ1n) is 6.41. The molecule has 3 heteroatoms. The predicted molar refractivity (Wildman–Crippen MR) is 73.6 cm³/mol. The van der Waals surface area contributed by atoms with Crippen LogP contribution in [-0.2, 0) is 14.3 Å². The van der Waals surface area contributed by atoms with E-state index in [0.29, 0.717) is 6.42 Å². The first-order chi connectivity index (χ1) is 9.19. The molecule has 1 fully saturated rings. The Bertz CT molecular complexity index is 379. The quantitative estimate of drug-likeness (QED) is 0.291. The van der Waals surface area contributed by atoms with Crippen molar-refractivity contribution in [1.29, 1.82) is 0 Å². The third kappa shape index (κ3) is 5.25. The third-order valence-electron chi connectivity index (χ3n) is 3.01. The van der Waals surface area contributed by atoms with Crippen LogP contribution in [0.5, 0.6) is 0 Å². The van der Waals surface area contributed by atoms with Crippen LogP contribution in [0.1, 0.15) is 25.7 Å². The fourth-order valence-electron chi connectivity index (χ4n) is 2.01. The molecular formula is C16H19O3. The minimum atomic E-state index is -0.440. The van der Waals surface area contributed by atoms with Crippen molar-refractivity contribution in [2.24, 2.45) is 11.8 Å². The molecule has 0 saturated carbocycles. The topological polar surface area (TPSA) is 43.4 Å². The molecule has 3 radical (unpaired) electrons. The Kier molecular flexibility index (Phi) is 6.86. The summed E-state index contributed by atoms with van der Waals surface area (Å²) in [5, 5.41) is 0. The van der Waals surface area contributed by atoms with Crippen molar-refractivity contribution < 1.29 is 14.3 Å². The molecule has 1 aliphatic rings. The Morgan fingerprint density at radius 2 is 2.16 bits per heavy atom. The Morgan fingerprint density at radius 1 is 1.37 bits per heavy atom. The third-order valence-corrected chi connectivity index (χ3v) is 3.01. The molecule has 0 aromatic carbocycles. The van der Waals surface area contributed by atoms with Crippen molar-refractivity contribution in [3.63, 3.8) is 0 Å². The van der Waals surface area contributed by atoms with E-state index in [2.05, 4.69) is 11.3 Å². The van der Waals surface area contributed by atoms with Gasteiger partial charge in [0, 0.05) is 0 Å². The number of hydrogen-bond acceptors (Lipinski definition) is 3. The van der Waals surface area contributed by atoms with E-state index in [1.165, 1.54) is 6.08 Å². The summed E-state index contributed by atoms with van der Waals surface area (Å²) >= 11 is 0. The van der Waals surface area contributed by atoms with Crippen LogP contribution in [0.2, 0.25) is 0 Å². The second-order valence-corrected chi connectivity index (χ2v) is 4.41. The van der Waals surface area contributed by atoms with Crippen LogP contribution in [0.4, 0.5) is 0 Å². The highest BCUT2D eigenvalue weighted by atomic mass is 16.6. The molecule has 0 aromatic heterocycles. The molecule has 1 heterocycles. The average molecular weight is 259 g/mol. The lowest BCUT2D eigenvalue weighted by molar-refractivity contribution is -0.153. The fourth-order valence-corrected chi connectivity index (χ4v) is 2.01. The van der Waals surface area contributed by atoms with Gasteiger partial charge in [-0.05, 0) is 38.5 Å². The van der Waals surface area contributed by atoms with Crippen molar-refractivity contribution in [2.75, 3.05) is 0 Å². The molecule has 1 rings (SSSR count). The van der Waals surface area contributed by atoms with Crippen LogP contribution in [-0.4, -0.2) is 11.9 Å². The first-order valence-corrected chi connectivity index (χ1v) is 6.41. The summed E-state index contributed by atoms with van der Waals surface area (Å²) in [7, 11) is 0. The van der Waals surface area contributed by atoms with Gasteiger partial charge in [0.25, 0.3) is 0 Å². The van der Waals surface area contributed by atoms with E-state index in [1.807, 2.05) is 18.6 Å². The monoisotopic (exact) mass is 259 g/mol. The maximum Gasteiger partial charge on any atom is 0.317 e. The van der Waals surface area contributed by atoms with E-state index in [4.69, 9.17) is 6.92 Å². The van der Waals surface area contributed by atoms with E-state index in [0.717, 1.165) is 12.8 Å². The Morgan fingerprint density at radius 3 is 2.74 bits per heavy atom. The zero-order valence-electron chi connectivity index (χ0n) is 11.0. The Hall–Kier alpha value is -1.64. The van der Waals surface area contributed by atoms with Crippen LogP contribution in [0.25, 0.3) is 0 Å². The van der Waals surface area contributed by atoms with Crippen molar-refractivity contribution in [3.05, 3.63) is 50.3 Å². The van der Waals surface area contributed by atoms with Gasteiger partial charge in [0.1, 0.15) is 0 Å². The van der Waals surface area contributed by atoms with Gasteiger partial charge in [-0.2, -0.15) is 0 Å². The molecule has 0 bridgehead atoms. The van der Waals surface area contributed by atoms with Gasteiger partial charge >= 0.3 is 11.9 Å². The molecular weight excluding hydrogens is 240 g/mol. The highest BCUT2D eigenvalue weighted by Crippen LogP contribution is 2.28. The minimum absolute atomic E-state index is 0.0394. The molecule has 3 nitrogen and oxygen atoms in total. The largest absolute Gasteiger partial charge is 0.393 e. The molecule has 2 unspecified atom stereocenters. The SMILES string of the molecule is [CH]C=CCC(C=CCC[CH]C=C)C1CC(=O)OC1=O. The smallest absolute Gasteiger partial charge is 0.317 e. The van der Waals surface area contributed by atoms with E-state index >= 15 is 0 Å². The van der Waals surface area contributed by atoms with Crippen LogP contribution >= 0.6 is 0 Å². The molecule has 0 N–H and O–H groups in total. The summed E-state index contributed by atoms with van der Waals surface area (Å²) in [6.45, 7) is 8.94. The standard InChI is InChI=1S/C16H19O3/c1-3-5-7-8-9-11-13(10-6-4-2)14-12-15(17)19-16(14)18/h2-6,9,11,13-14H,1,7-8,10,12H2. The number of carbonyl (C=O) groups excluding carboxylic acids is 2. The number of ether oxygens (including phenoxy) is 1. The summed E-state index contributed by atoms with van der Waals surface area (Å²) in [6, 6.07) is 0. The van der Waals surface area contributed by atoms with Gasteiger partial charge in [-0.1, -0.05) is 30.4 Å². The zero-order chi connectivity index (χ0) is 14.1. The molecule has 1 aliphatic heterocycles. The van der Waals surface area contributed by atoms with Crippen LogP contribution in [0, 0.1) is 25.2 Å². The van der Waals surface area contributed by atoms with E-state index in [-0.39, 0.29) is 18.3 Å². The number of cyclic esters (lactones) is 2. The van der Waals surface area contributed by atoms with Gasteiger partial charge < -0.3 is 4.74 Å². The minimum Gasteiger partial charge on any atom is -0.393 e. The second kappa shape index (κ2) is 8.46. The van der Waals surface area contributed by atoms with Gasteiger partial charge in [-0.15, -0.1) is 6.58 Å². The van der Waals surface area contributed by atoms with E-state index < -0.39 is 11.9 Å². The summed E-state index contributed by atoms with van der Waals surface area (Å²) in [6.07, 6.45) is 13.6. The molecule has 0 amide bonds. The molecule has 1 saturated heterocycles. The maximum atomic E-state index is 11.6. The number of hydrogen-bond donors (Lipinski definition) is 0. The van der Waals surface area contributed by atoms with Gasteiger partial charge in [0.2, 0.25) is 0 Å². The van der Waals surface area contributed by atoms with Gasteiger partial charge in [0.15, 0.2) is 0 Å². The number of unbranched alkanes of at least 4 members (excludes halogenated alkanes) is 2. The lowest BCUT2D eigenvalue weighted by atomic mass is 9.87. The summed E-state index contributed by atoms with van der Waals surface area (Å²) in [5.41, 5.74) is 0. The Labute approximate surface area is 115 Å². The average Bonchev–Trinajstić information content (AvgIpc) is 2.72. The van der Waals surface area contributed by atoms with Crippen molar-refractivity contribution in [3.8, 4) is 0 Å². The van der Waals surface area contributed by atoms with Crippen molar-refractivity contribution >= 4 is 11.9 Å². The molecule has 0 aromatic rings. The van der Waals surface area contributed by atoms with E-state index in [9.17, 15) is 9.59 Å². The van der Waals surface area contributed by atoms with Crippen molar-refractivity contribution in [1.82, 2.24) is 0 Å². The van der Waals surface area contributed by atoms with Gasteiger partial charge in [0.05, 0.1) is 12.3 Å². The van der Waals surface area contributed by atoms with Gasteiger partial charge in [-0.25, -0.2) is 0 Å². The molecule has 0 spiro atoms. The second-order valence-electron chi connectivity index (χ2n) is 4.41. The summed E-state index contributed by atoms with van der Waals surface area (Å²) in [4.78, 5) is 22.7. The van der Waals surface area contributed by atoms with Crippen molar-refractivity contribution in [2.45, 2.75) is 25.7 Å². The number of rotatable bonds is 8. The normalized spacial score (nSPS) is 21.2. The maximum absolute atomic E-state index is 11.6. The summed E-state index contributed by atoms with van der Waals surface area (Å²) in [5.74, 6) is -1.29. The number of carbonyl (C=O) groups is 2. The number of esters is 2. The van der Waals surface area contributed by atoms with Gasteiger partial charge in [-0.3, -0.25) is 9.59 Å². The van der Waals surface area contributed by atoms with Crippen LogP contribution < -0.4 is 0 Å². The van der Waals surface area contributed by atoms with Crippen LogP contribution in [0.3, 0.4) is 0 Å². The zero-order valence-corrected chi connectivity index (χ0v) is 11.0. The summed E-state index contributed by atoms with van der Waals surface area (Å²) < 4.78 is 4.59. The predicted octanol–water partition coefficient (Wildman–Crippen LogP) is 3.08. The first kappa shape index (κ1) is 15.4. The molecule has 0 aliphatic carbocycles. The Balaban J connectivity index is 2.58. The highest BCUT2D eigenvalue weighted by Gasteiger charge is 2.37. The number of allylic oxidation sites excluding steroid dienone is 5.